The molecule has 1 aliphatic heterocycles. The second-order valence-corrected chi connectivity index (χ2v) is 6.69. The summed E-state index contributed by atoms with van der Waals surface area (Å²) >= 11 is 0. The number of halogens is 3. The van der Waals surface area contributed by atoms with E-state index in [2.05, 4.69) is 0 Å². The molecule has 26 heavy (non-hydrogen) atoms. The number of benzene rings is 1. The molecule has 0 aromatic heterocycles. The van der Waals surface area contributed by atoms with Crippen molar-refractivity contribution in [2.45, 2.75) is 43.6 Å². The van der Waals surface area contributed by atoms with Crippen LogP contribution in [0.4, 0.5) is 13.2 Å². The number of aliphatic hydroxyl groups excluding tert-OH is 3. The summed E-state index contributed by atoms with van der Waals surface area (Å²) in [6, 6.07) is 4.22. The van der Waals surface area contributed by atoms with E-state index in [-0.39, 0.29) is 30.3 Å². The number of fused-ring (bicyclic) bond motifs is 1. The van der Waals surface area contributed by atoms with Gasteiger partial charge >= 0.3 is 6.18 Å². The quantitative estimate of drug-likeness (QED) is 0.688. The molecule has 1 aromatic rings. The van der Waals surface area contributed by atoms with E-state index in [1.165, 1.54) is 18.2 Å². The molecule has 1 unspecified atom stereocenters. The van der Waals surface area contributed by atoms with E-state index < -0.39 is 30.2 Å². The number of rotatable bonds is 5. The van der Waals surface area contributed by atoms with Gasteiger partial charge in [0.25, 0.3) is 0 Å². The molecule has 0 bridgehead atoms. The summed E-state index contributed by atoms with van der Waals surface area (Å²) in [6.45, 7) is -0.127. The lowest BCUT2D eigenvalue weighted by Crippen LogP contribution is -2.20. The molecule has 5 nitrogen and oxygen atoms in total. The van der Waals surface area contributed by atoms with Crippen molar-refractivity contribution >= 4 is 0 Å². The van der Waals surface area contributed by atoms with Crippen LogP contribution < -0.4 is 4.74 Å². The molecule has 144 valence electrons. The number of hydrogen-bond donors (Lipinski definition) is 3. The van der Waals surface area contributed by atoms with Crippen LogP contribution in [0, 0.1) is 11.8 Å². The zero-order chi connectivity index (χ0) is 18.9. The fourth-order valence-electron chi connectivity index (χ4n) is 3.56. The van der Waals surface area contributed by atoms with Gasteiger partial charge in [0.15, 0.2) is 6.29 Å². The van der Waals surface area contributed by atoms with Gasteiger partial charge in [-0.2, -0.15) is 13.2 Å². The minimum atomic E-state index is -4.40. The van der Waals surface area contributed by atoms with Crippen molar-refractivity contribution in [2.24, 2.45) is 11.8 Å². The Morgan fingerprint density at radius 1 is 1.19 bits per heavy atom. The third-order valence-electron chi connectivity index (χ3n) is 4.85. The van der Waals surface area contributed by atoms with Crippen LogP contribution in [0.1, 0.15) is 18.4 Å². The van der Waals surface area contributed by atoms with Gasteiger partial charge in [-0.1, -0.05) is 12.2 Å². The van der Waals surface area contributed by atoms with E-state index in [9.17, 15) is 28.5 Å². The van der Waals surface area contributed by atoms with Gasteiger partial charge in [0.1, 0.15) is 18.5 Å². The van der Waals surface area contributed by atoms with Crippen LogP contribution in [0.5, 0.6) is 5.75 Å². The molecule has 1 heterocycles. The second-order valence-electron chi connectivity index (χ2n) is 6.69. The molecule has 1 saturated heterocycles. The molecular weight excluding hydrogens is 353 g/mol. The molecule has 3 N–H and O–H groups in total. The van der Waals surface area contributed by atoms with Crippen LogP contribution in [0.2, 0.25) is 0 Å². The molecule has 8 heteroatoms. The summed E-state index contributed by atoms with van der Waals surface area (Å²) in [4.78, 5) is 0. The Morgan fingerprint density at radius 3 is 2.54 bits per heavy atom. The Kier molecular flexibility index (Phi) is 5.57. The molecule has 1 aromatic carbocycles. The average molecular weight is 374 g/mol. The summed E-state index contributed by atoms with van der Waals surface area (Å²) in [6.07, 6.45) is -2.92. The van der Waals surface area contributed by atoms with Gasteiger partial charge < -0.3 is 24.8 Å². The first-order chi connectivity index (χ1) is 12.2. The van der Waals surface area contributed by atoms with E-state index in [1.807, 2.05) is 0 Å². The first kappa shape index (κ1) is 19.2. The maximum atomic E-state index is 12.5. The minimum Gasteiger partial charge on any atom is -0.491 e. The van der Waals surface area contributed by atoms with E-state index in [4.69, 9.17) is 9.47 Å². The lowest BCUT2D eigenvalue weighted by Gasteiger charge is -2.17. The van der Waals surface area contributed by atoms with E-state index in [0.717, 1.165) is 12.1 Å². The largest absolute Gasteiger partial charge is 0.491 e. The molecule has 1 saturated carbocycles. The topological polar surface area (TPSA) is 79.2 Å². The highest BCUT2D eigenvalue weighted by molar-refractivity contribution is 5.28. The summed E-state index contributed by atoms with van der Waals surface area (Å²) in [5, 5.41) is 29.6. The van der Waals surface area contributed by atoms with Crippen LogP contribution in [0.3, 0.4) is 0 Å². The molecule has 6 atom stereocenters. The van der Waals surface area contributed by atoms with Crippen molar-refractivity contribution in [3.8, 4) is 5.75 Å². The first-order valence-corrected chi connectivity index (χ1v) is 8.42. The lowest BCUT2D eigenvalue weighted by atomic mass is 9.91. The van der Waals surface area contributed by atoms with Gasteiger partial charge in [-0.15, -0.1) is 0 Å². The van der Waals surface area contributed by atoms with Crippen molar-refractivity contribution in [3.05, 3.63) is 42.0 Å². The average Bonchev–Trinajstić information content (AvgIpc) is 3.05. The highest BCUT2D eigenvalue weighted by Gasteiger charge is 2.47. The van der Waals surface area contributed by atoms with Gasteiger partial charge in [-0.25, -0.2) is 0 Å². The van der Waals surface area contributed by atoms with Crippen molar-refractivity contribution in [1.82, 2.24) is 0 Å². The SMILES string of the molecule is OC1C[C@@H]2[C@@H](/C=C/[C@@H](O)COc3ccc(C(F)(F)F)cc3)[C@H](O)C[C@@H]2O1. The Morgan fingerprint density at radius 2 is 1.88 bits per heavy atom. The van der Waals surface area contributed by atoms with Crippen LogP contribution in [0.25, 0.3) is 0 Å². The molecule has 0 radical (unpaired) electrons. The molecular formula is C18H21F3O5. The fourth-order valence-corrected chi connectivity index (χ4v) is 3.56. The third kappa shape index (κ3) is 4.37. The summed E-state index contributed by atoms with van der Waals surface area (Å²) in [5.41, 5.74) is -0.768. The molecule has 2 aliphatic rings. The standard InChI is InChI=1S/C18H21F3O5/c19-18(20,21)10-1-4-12(5-2-10)25-9-11(22)3-6-13-14-7-17(24)26-16(14)8-15(13)23/h1-6,11,13-17,22-24H,7-9H2/b6-3+/t11-,13-,14-,15-,16+,17?/m1/s1. The number of alkyl halides is 3. The second kappa shape index (κ2) is 7.56. The predicted molar refractivity (Wildman–Crippen MR) is 85.2 cm³/mol. The predicted octanol–water partition coefficient (Wildman–Crippen LogP) is 2.11. The zero-order valence-corrected chi connectivity index (χ0v) is 13.8. The maximum Gasteiger partial charge on any atom is 0.416 e. The maximum absolute atomic E-state index is 12.5. The van der Waals surface area contributed by atoms with Crippen molar-refractivity contribution in [1.29, 1.82) is 0 Å². The highest BCUT2D eigenvalue weighted by atomic mass is 19.4. The highest BCUT2D eigenvalue weighted by Crippen LogP contribution is 2.43. The van der Waals surface area contributed by atoms with Crippen LogP contribution in [-0.4, -0.2) is 46.5 Å². The molecule has 0 amide bonds. The third-order valence-corrected chi connectivity index (χ3v) is 4.85. The Labute approximate surface area is 148 Å². The molecule has 1 aliphatic carbocycles. The van der Waals surface area contributed by atoms with Crippen molar-refractivity contribution in [3.63, 3.8) is 0 Å². The van der Waals surface area contributed by atoms with Gasteiger partial charge in [0.05, 0.1) is 17.8 Å². The van der Waals surface area contributed by atoms with Gasteiger partial charge in [0, 0.05) is 18.8 Å². The lowest BCUT2D eigenvalue weighted by molar-refractivity contribution is -0.137. The van der Waals surface area contributed by atoms with E-state index in [0.29, 0.717) is 12.8 Å². The fraction of sp³-hybridized carbons (Fsp3) is 0.556. The van der Waals surface area contributed by atoms with Crippen molar-refractivity contribution in [2.75, 3.05) is 6.61 Å². The minimum absolute atomic E-state index is 0.000665. The zero-order valence-electron chi connectivity index (χ0n) is 13.8. The summed E-state index contributed by atoms with van der Waals surface area (Å²) < 4.78 is 48.1. The van der Waals surface area contributed by atoms with Crippen molar-refractivity contribution < 1.29 is 38.0 Å². The number of hydrogen-bond acceptors (Lipinski definition) is 5. The molecule has 2 fully saturated rings. The van der Waals surface area contributed by atoms with Crippen LogP contribution >= 0.6 is 0 Å². The Bertz CT molecular complexity index is 631. The van der Waals surface area contributed by atoms with E-state index >= 15 is 0 Å². The van der Waals surface area contributed by atoms with Crippen LogP contribution in [-0.2, 0) is 10.9 Å². The first-order valence-electron chi connectivity index (χ1n) is 8.42. The normalized spacial score (nSPS) is 32.8. The van der Waals surface area contributed by atoms with E-state index in [1.54, 1.807) is 6.08 Å². The summed E-state index contributed by atoms with van der Waals surface area (Å²) in [5.74, 6) is -0.00381. The molecule has 0 spiro atoms. The monoisotopic (exact) mass is 374 g/mol. The van der Waals surface area contributed by atoms with Crippen LogP contribution in [0.15, 0.2) is 36.4 Å². The Hall–Kier alpha value is -1.61. The molecule has 3 rings (SSSR count). The Balaban J connectivity index is 1.51. The number of ether oxygens (including phenoxy) is 2. The smallest absolute Gasteiger partial charge is 0.416 e. The number of aliphatic hydroxyl groups is 3. The van der Waals surface area contributed by atoms with Gasteiger partial charge in [0.2, 0.25) is 0 Å². The van der Waals surface area contributed by atoms with Gasteiger partial charge in [-0.3, -0.25) is 0 Å². The van der Waals surface area contributed by atoms with Gasteiger partial charge in [-0.05, 0) is 30.2 Å². The summed E-state index contributed by atoms with van der Waals surface area (Å²) in [7, 11) is 0.